The third-order valence-electron chi connectivity index (χ3n) is 8.03. The molecule has 47 heavy (non-hydrogen) atoms. The second-order valence-electron chi connectivity index (χ2n) is 12.6. The van der Waals surface area contributed by atoms with Gasteiger partial charge in [0.15, 0.2) is 12.1 Å². The number of aromatic nitrogens is 1. The van der Waals surface area contributed by atoms with Crippen molar-refractivity contribution in [3.63, 3.8) is 0 Å². The number of pyridine rings is 1. The van der Waals surface area contributed by atoms with Gasteiger partial charge in [0.25, 0.3) is 0 Å². The fourth-order valence-electron chi connectivity index (χ4n) is 5.83. The number of carbonyl (C=O) groups excluding carboxylic acids is 4. The molecule has 2 saturated heterocycles. The minimum atomic E-state index is -1.13. The largest absolute Gasteiger partial charge is 0.451 e. The number of likely N-dealkylation sites (tertiary alicyclic amines) is 1. The second kappa shape index (κ2) is 13.4. The molecule has 3 aliphatic rings. The van der Waals surface area contributed by atoms with Crippen LogP contribution < -0.4 is 5.32 Å². The van der Waals surface area contributed by atoms with Crippen LogP contribution >= 0.6 is 11.8 Å². The monoisotopic (exact) mass is 652 g/mol. The number of benzene rings is 2. The van der Waals surface area contributed by atoms with Gasteiger partial charge in [-0.15, -0.1) is 11.8 Å². The Morgan fingerprint density at radius 2 is 1.64 bits per heavy atom. The Labute approximate surface area is 277 Å². The Hall–Kier alpha value is -4.90. The lowest BCUT2D eigenvalue weighted by Crippen LogP contribution is -2.74. The molecule has 10 nitrogen and oxygen atoms in total. The lowest BCUT2D eigenvalue weighted by Gasteiger charge is -2.51. The van der Waals surface area contributed by atoms with Gasteiger partial charge in [0, 0.05) is 31.1 Å². The molecule has 3 aliphatic heterocycles. The standard InChI is InChI=1S/C36H36N4O6S/c1-36(2,3)46-35(44)38-28-32(42)40-29(34(43)45-30(24-10-6-4-7-11-24)25-12-8-5-9-13-25)27(22-47-33(28)40)20-26-16-19-39(31(26)41)21-23-14-17-37-18-15-23/h4-15,17-18,20,22,28-30,33H,16,19,21H2,1-3H3,(H,38,44)/b26-20+/t28-,29-,33-/m1/s1. The number of hydrogen-bond donors (Lipinski definition) is 1. The number of esters is 1. The van der Waals surface area contributed by atoms with Gasteiger partial charge in [-0.3, -0.25) is 14.6 Å². The summed E-state index contributed by atoms with van der Waals surface area (Å²) in [6, 6.07) is 20.5. The molecule has 0 bridgehead atoms. The molecule has 0 radical (unpaired) electrons. The highest BCUT2D eigenvalue weighted by atomic mass is 32.2. The molecule has 0 aliphatic carbocycles. The highest BCUT2D eigenvalue weighted by Gasteiger charge is 2.56. The van der Waals surface area contributed by atoms with Crippen LogP contribution in [0.4, 0.5) is 4.79 Å². The van der Waals surface area contributed by atoms with Gasteiger partial charge < -0.3 is 24.6 Å². The highest BCUT2D eigenvalue weighted by molar-refractivity contribution is 8.03. The predicted octanol–water partition coefficient (Wildman–Crippen LogP) is 5.13. The lowest BCUT2D eigenvalue weighted by molar-refractivity contribution is -0.164. The van der Waals surface area contributed by atoms with E-state index in [1.807, 2.05) is 72.8 Å². The summed E-state index contributed by atoms with van der Waals surface area (Å²) in [5.41, 5.74) is 2.79. The number of nitrogens with one attached hydrogen (secondary N) is 1. The topological polar surface area (TPSA) is 118 Å². The molecule has 3 atom stereocenters. The third-order valence-corrected chi connectivity index (χ3v) is 9.21. The van der Waals surface area contributed by atoms with Gasteiger partial charge in [-0.1, -0.05) is 60.7 Å². The van der Waals surface area contributed by atoms with E-state index in [1.54, 1.807) is 49.5 Å². The molecular formula is C36H36N4O6S. The maximum Gasteiger partial charge on any atom is 0.408 e. The number of amides is 3. The number of rotatable bonds is 8. The molecule has 0 spiro atoms. The Balaban J connectivity index is 1.29. The Kier molecular flexibility index (Phi) is 9.17. The van der Waals surface area contributed by atoms with Gasteiger partial charge in [-0.25, -0.2) is 9.59 Å². The summed E-state index contributed by atoms with van der Waals surface area (Å²) >= 11 is 1.30. The summed E-state index contributed by atoms with van der Waals surface area (Å²) < 4.78 is 11.6. The van der Waals surface area contributed by atoms with Crippen molar-refractivity contribution < 1.29 is 28.7 Å². The van der Waals surface area contributed by atoms with E-state index in [2.05, 4.69) is 10.3 Å². The van der Waals surface area contributed by atoms with Crippen molar-refractivity contribution in [1.82, 2.24) is 20.1 Å². The Morgan fingerprint density at radius 1 is 1.00 bits per heavy atom. The van der Waals surface area contributed by atoms with Crippen LogP contribution in [0.25, 0.3) is 0 Å². The van der Waals surface area contributed by atoms with Crippen LogP contribution in [0.3, 0.4) is 0 Å². The van der Waals surface area contributed by atoms with Crippen molar-refractivity contribution in [2.24, 2.45) is 0 Å². The van der Waals surface area contributed by atoms with Crippen molar-refractivity contribution in [3.05, 3.63) is 125 Å². The molecular weight excluding hydrogens is 616 g/mol. The summed E-state index contributed by atoms with van der Waals surface area (Å²) in [4.78, 5) is 61.2. The molecule has 3 aromatic rings. The number of hydrogen-bond acceptors (Lipinski definition) is 8. The molecule has 4 heterocycles. The first-order valence-electron chi connectivity index (χ1n) is 15.5. The number of alkyl carbamates (subject to hydrolysis) is 1. The first-order valence-corrected chi connectivity index (χ1v) is 16.4. The smallest absolute Gasteiger partial charge is 0.408 e. The number of fused-ring (bicyclic) bond motifs is 1. The van der Waals surface area contributed by atoms with E-state index < -0.39 is 47.1 Å². The molecule has 11 heteroatoms. The van der Waals surface area contributed by atoms with Crippen LogP contribution in [0, 0.1) is 0 Å². The van der Waals surface area contributed by atoms with E-state index in [1.165, 1.54) is 16.7 Å². The first kappa shape index (κ1) is 32.1. The van der Waals surface area contributed by atoms with E-state index in [-0.39, 0.29) is 5.91 Å². The molecule has 0 saturated carbocycles. The second-order valence-corrected chi connectivity index (χ2v) is 13.5. The van der Waals surface area contributed by atoms with Crippen molar-refractivity contribution >= 4 is 35.6 Å². The van der Waals surface area contributed by atoms with E-state index in [9.17, 15) is 19.2 Å². The minimum Gasteiger partial charge on any atom is -0.451 e. The summed E-state index contributed by atoms with van der Waals surface area (Å²) in [5.74, 6) is -1.21. The fourth-order valence-corrected chi connectivity index (χ4v) is 7.03. The van der Waals surface area contributed by atoms with E-state index >= 15 is 0 Å². The summed E-state index contributed by atoms with van der Waals surface area (Å²) in [7, 11) is 0. The molecule has 2 fully saturated rings. The molecule has 0 unspecified atom stereocenters. The van der Waals surface area contributed by atoms with Crippen LogP contribution in [-0.2, 0) is 30.4 Å². The maximum atomic E-state index is 14.3. The summed E-state index contributed by atoms with van der Waals surface area (Å²) in [6.07, 6.45) is 4.14. The average molecular weight is 653 g/mol. The first-order chi connectivity index (χ1) is 22.6. The number of nitrogens with zero attached hydrogens (tertiary/aromatic N) is 3. The van der Waals surface area contributed by atoms with Gasteiger partial charge in [0.05, 0.1) is 0 Å². The molecule has 242 valence electrons. The zero-order valence-electron chi connectivity index (χ0n) is 26.4. The highest BCUT2D eigenvalue weighted by Crippen LogP contribution is 2.42. The van der Waals surface area contributed by atoms with Crippen LogP contribution in [0.15, 0.2) is 108 Å². The number of β-lactam (4-membered cyclic amide) rings is 1. The molecule has 1 N–H and O–H groups in total. The van der Waals surface area contributed by atoms with E-state index in [4.69, 9.17) is 9.47 Å². The van der Waals surface area contributed by atoms with Crippen molar-refractivity contribution in [1.29, 1.82) is 0 Å². The van der Waals surface area contributed by atoms with Crippen molar-refractivity contribution in [2.45, 2.75) is 62.9 Å². The fraction of sp³-hybridized carbons (Fsp3) is 0.306. The van der Waals surface area contributed by atoms with E-state index in [0.717, 1.165) is 16.7 Å². The third kappa shape index (κ3) is 7.10. The Morgan fingerprint density at radius 3 is 2.26 bits per heavy atom. The van der Waals surface area contributed by atoms with Gasteiger partial charge >= 0.3 is 12.1 Å². The van der Waals surface area contributed by atoms with Crippen LogP contribution in [0.5, 0.6) is 0 Å². The number of ether oxygens (including phenoxy) is 2. The number of thioether (sulfide) groups is 1. The van der Waals surface area contributed by atoms with E-state index in [0.29, 0.717) is 30.7 Å². The van der Waals surface area contributed by atoms with Gasteiger partial charge in [-0.05, 0) is 73.1 Å². The van der Waals surface area contributed by atoms with Crippen LogP contribution in [0.2, 0.25) is 0 Å². The number of carbonyl (C=O) groups is 4. The quantitative estimate of drug-likeness (QED) is 0.202. The molecule has 6 rings (SSSR count). The molecule has 3 amide bonds. The van der Waals surface area contributed by atoms with Crippen LogP contribution in [0.1, 0.15) is 50.0 Å². The summed E-state index contributed by atoms with van der Waals surface area (Å²) in [5, 5.41) is 3.88. The van der Waals surface area contributed by atoms with Gasteiger partial charge in [-0.2, -0.15) is 0 Å². The van der Waals surface area contributed by atoms with Crippen LogP contribution in [-0.4, -0.2) is 68.3 Å². The summed E-state index contributed by atoms with van der Waals surface area (Å²) in [6.45, 7) is 6.19. The predicted molar refractivity (Wildman–Crippen MR) is 176 cm³/mol. The molecule has 1 aromatic heterocycles. The Bertz CT molecular complexity index is 1670. The molecule has 2 aromatic carbocycles. The van der Waals surface area contributed by atoms with Crippen molar-refractivity contribution in [2.75, 3.05) is 6.54 Å². The lowest BCUT2D eigenvalue weighted by atomic mass is 9.95. The van der Waals surface area contributed by atoms with Gasteiger partial charge in [0.2, 0.25) is 11.8 Å². The SMILES string of the molecule is CC(C)(C)OC(=O)N[C@@H]1C(=O)N2[C@@H](C(=O)OC(c3ccccc3)c3ccccc3)C(/C=C3\CCN(Cc4ccncc4)C3=O)=CS[C@H]12. The minimum absolute atomic E-state index is 0.132. The maximum absolute atomic E-state index is 14.3. The zero-order chi connectivity index (χ0) is 33.1. The normalized spacial score (nSPS) is 21.7. The van der Waals surface area contributed by atoms with Gasteiger partial charge in [0.1, 0.15) is 17.0 Å². The van der Waals surface area contributed by atoms with Crippen molar-refractivity contribution in [3.8, 4) is 0 Å². The average Bonchev–Trinajstić information content (AvgIpc) is 3.40. The zero-order valence-corrected chi connectivity index (χ0v) is 27.2.